The van der Waals surface area contributed by atoms with Gasteiger partial charge in [-0.3, -0.25) is 9.59 Å². The summed E-state index contributed by atoms with van der Waals surface area (Å²) >= 11 is 0. The SMILES string of the molecule is CC(=O)c1ccco1.CC(N)=O. The third-order valence-corrected chi connectivity index (χ3v) is 0.868. The van der Waals surface area contributed by atoms with Crippen LogP contribution in [0.15, 0.2) is 22.8 Å². The Labute approximate surface area is 70.4 Å². The van der Waals surface area contributed by atoms with Crippen LogP contribution in [0.1, 0.15) is 24.4 Å². The molecule has 0 aliphatic heterocycles. The normalized spacial score (nSPS) is 8.17. The molecule has 0 aliphatic rings. The van der Waals surface area contributed by atoms with Crippen LogP contribution in [0.2, 0.25) is 0 Å². The van der Waals surface area contributed by atoms with E-state index in [1.54, 1.807) is 12.1 Å². The van der Waals surface area contributed by atoms with E-state index in [1.165, 1.54) is 20.1 Å². The molecule has 12 heavy (non-hydrogen) atoms. The zero-order valence-electron chi connectivity index (χ0n) is 7.03. The lowest BCUT2D eigenvalue weighted by Crippen LogP contribution is -2.01. The molecular weight excluding hydrogens is 158 g/mol. The molecule has 66 valence electrons. The number of primary amides is 1. The summed E-state index contributed by atoms with van der Waals surface area (Å²) < 4.78 is 4.75. The largest absolute Gasteiger partial charge is 0.461 e. The number of rotatable bonds is 1. The molecule has 4 nitrogen and oxygen atoms in total. The quantitative estimate of drug-likeness (QED) is 0.636. The Morgan fingerprint density at radius 2 is 1.92 bits per heavy atom. The molecule has 0 bridgehead atoms. The van der Waals surface area contributed by atoms with Crippen LogP contribution in [0.5, 0.6) is 0 Å². The van der Waals surface area contributed by atoms with Crippen molar-refractivity contribution in [1.82, 2.24) is 0 Å². The van der Waals surface area contributed by atoms with Crippen LogP contribution in [0.25, 0.3) is 0 Å². The molecule has 2 N–H and O–H groups in total. The van der Waals surface area contributed by atoms with Crippen LogP contribution in [0, 0.1) is 0 Å². The van der Waals surface area contributed by atoms with Gasteiger partial charge in [-0.05, 0) is 12.1 Å². The Kier molecular flexibility index (Phi) is 4.45. The Morgan fingerprint density at radius 3 is 2.08 bits per heavy atom. The minimum absolute atomic E-state index is 0.0324. The van der Waals surface area contributed by atoms with E-state index in [4.69, 9.17) is 4.42 Å². The third-order valence-electron chi connectivity index (χ3n) is 0.868. The highest BCUT2D eigenvalue weighted by atomic mass is 16.3. The molecule has 0 atom stereocenters. The van der Waals surface area contributed by atoms with Crippen molar-refractivity contribution in [1.29, 1.82) is 0 Å². The van der Waals surface area contributed by atoms with Gasteiger partial charge in [0.25, 0.3) is 0 Å². The van der Waals surface area contributed by atoms with E-state index in [0.717, 1.165) is 0 Å². The summed E-state index contributed by atoms with van der Waals surface area (Å²) in [4.78, 5) is 19.6. The molecule has 1 heterocycles. The highest BCUT2D eigenvalue weighted by Gasteiger charge is 1.97. The Bertz CT molecular complexity index is 247. The van der Waals surface area contributed by atoms with E-state index < -0.39 is 0 Å². The molecule has 4 heteroatoms. The number of amides is 1. The van der Waals surface area contributed by atoms with Crippen LogP contribution in [-0.4, -0.2) is 11.7 Å². The van der Waals surface area contributed by atoms with Gasteiger partial charge in [-0.2, -0.15) is 0 Å². The standard InChI is InChI=1S/C6H6O2.C2H5NO/c1-5(7)6-3-2-4-8-6;1-2(3)4/h2-4H,1H3;1H3,(H2,3,4). The molecule has 0 fully saturated rings. The number of hydrogen-bond acceptors (Lipinski definition) is 3. The number of Topliss-reactive ketones (excluding diaryl/α,β-unsaturated/α-hetero) is 1. The van der Waals surface area contributed by atoms with E-state index >= 15 is 0 Å². The minimum atomic E-state index is -0.333. The van der Waals surface area contributed by atoms with E-state index in [1.807, 2.05) is 0 Å². The summed E-state index contributed by atoms with van der Waals surface area (Å²) in [6, 6.07) is 3.33. The molecule has 0 radical (unpaired) electrons. The van der Waals surface area contributed by atoms with Crippen LogP contribution in [0.3, 0.4) is 0 Å². The summed E-state index contributed by atoms with van der Waals surface area (Å²) in [6.07, 6.45) is 1.48. The second-order valence-corrected chi connectivity index (χ2v) is 2.14. The van der Waals surface area contributed by atoms with E-state index in [9.17, 15) is 9.59 Å². The van der Waals surface area contributed by atoms with Gasteiger partial charge in [0.15, 0.2) is 11.5 Å². The average molecular weight is 169 g/mol. The molecule has 1 aromatic heterocycles. The zero-order chi connectivity index (χ0) is 9.56. The summed E-state index contributed by atoms with van der Waals surface area (Å²) in [5.41, 5.74) is 4.47. The van der Waals surface area contributed by atoms with Crippen molar-refractivity contribution in [2.45, 2.75) is 13.8 Å². The van der Waals surface area contributed by atoms with Gasteiger partial charge >= 0.3 is 0 Å². The maximum absolute atomic E-state index is 10.4. The lowest BCUT2D eigenvalue weighted by Gasteiger charge is -1.80. The smallest absolute Gasteiger partial charge is 0.214 e. The van der Waals surface area contributed by atoms with Crippen LogP contribution < -0.4 is 5.73 Å². The van der Waals surface area contributed by atoms with Gasteiger partial charge < -0.3 is 10.2 Å². The number of furan rings is 1. The fourth-order valence-electron chi connectivity index (χ4n) is 0.479. The molecule has 0 saturated carbocycles. The van der Waals surface area contributed by atoms with Gasteiger partial charge in [0.05, 0.1) is 6.26 Å². The van der Waals surface area contributed by atoms with Gasteiger partial charge in [-0.1, -0.05) is 0 Å². The topological polar surface area (TPSA) is 73.3 Å². The van der Waals surface area contributed by atoms with Gasteiger partial charge in [-0.15, -0.1) is 0 Å². The van der Waals surface area contributed by atoms with Crippen LogP contribution >= 0.6 is 0 Å². The van der Waals surface area contributed by atoms with Crippen molar-refractivity contribution < 1.29 is 14.0 Å². The maximum Gasteiger partial charge on any atom is 0.214 e. The highest BCUT2D eigenvalue weighted by Crippen LogP contribution is 1.98. The van der Waals surface area contributed by atoms with Gasteiger partial charge in [0.2, 0.25) is 5.91 Å². The van der Waals surface area contributed by atoms with Crippen LogP contribution in [-0.2, 0) is 4.79 Å². The molecule has 0 aromatic carbocycles. The molecule has 1 amide bonds. The Morgan fingerprint density at radius 1 is 1.42 bits per heavy atom. The summed E-state index contributed by atoms with van der Waals surface area (Å²) in [7, 11) is 0. The highest BCUT2D eigenvalue weighted by molar-refractivity contribution is 5.91. The zero-order valence-corrected chi connectivity index (χ0v) is 7.03. The number of hydrogen-bond donors (Lipinski definition) is 1. The Balaban J connectivity index is 0.000000261. The van der Waals surface area contributed by atoms with Crippen molar-refractivity contribution in [2.24, 2.45) is 5.73 Å². The number of carbonyl (C=O) groups is 2. The molecule has 1 aromatic rings. The number of nitrogens with two attached hydrogens (primary N) is 1. The first-order valence-electron chi connectivity index (χ1n) is 3.34. The first-order chi connectivity index (χ1) is 5.54. The Hall–Kier alpha value is -1.58. The monoisotopic (exact) mass is 169 g/mol. The average Bonchev–Trinajstić information content (AvgIpc) is 2.34. The predicted octanol–water partition coefficient (Wildman–Crippen LogP) is 0.974. The van der Waals surface area contributed by atoms with Crippen molar-refractivity contribution >= 4 is 11.7 Å². The van der Waals surface area contributed by atoms with Crippen molar-refractivity contribution in [3.05, 3.63) is 24.2 Å². The fraction of sp³-hybridized carbons (Fsp3) is 0.250. The predicted molar refractivity (Wildman–Crippen MR) is 43.6 cm³/mol. The third kappa shape index (κ3) is 5.22. The fourth-order valence-corrected chi connectivity index (χ4v) is 0.479. The summed E-state index contributed by atoms with van der Waals surface area (Å²) in [5, 5.41) is 0. The van der Waals surface area contributed by atoms with Crippen molar-refractivity contribution in [3.8, 4) is 0 Å². The molecule has 0 unspecified atom stereocenters. The van der Waals surface area contributed by atoms with Crippen molar-refractivity contribution in [2.75, 3.05) is 0 Å². The van der Waals surface area contributed by atoms with Gasteiger partial charge in [-0.25, -0.2) is 0 Å². The van der Waals surface area contributed by atoms with E-state index in [0.29, 0.717) is 5.76 Å². The minimum Gasteiger partial charge on any atom is -0.461 e. The molecule has 0 spiro atoms. The summed E-state index contributed by atoms with van der Waals surface area (Å²) in [5.74, 6) is 0.0556. The molecular formula is C8H11NO3. The number of ketones is 1. The molecule has 0 aliphatic carbocycles. The second-order valence-electron chi connectivity index (χ2n) is 2.14. The lowest BCUT2D eigenvalue weighted by atomic mass is 10.3. The lowest BCUT2D eigenvalue weighted by molar-refractivity contribution is -0.115. The van der Waals surface area contributed by atoms with E-state index in [2.05, 4.69) is 5.73 Å². The van der Waals surface area contributed by atoms with Gasteiger partial charge in [0, 0.05) is 13.8 Å². The first kappa shape index (κ1) is 10.4. The van der Waals surface area contributed by atoms with Gasteiger partial charge in [0.1, 0.15) is 0 Å². The molecule has 0 saturated heterocycles. The summed E-state index contributed by atoms with van der Waals surface area (Å²) in [6.45, 7) is 2.78. The van der Waals surface area contributed by atoms with Crippen LogP contribution in [0.4, 0.5) is 0 Å². The van der Waals surface area contributed by atoms with Crippen molar-refractivity contribution in [3.63, 3.8) is 0 Å². The van der Waals surface area contributed by atoms with E-state index in [-0.39, 0.29) is 11.7 Å². The second kappa shape index (κ2) is 5.12. The molecule has 1 rings (SSSR count). The number of carbonyl (C=O) groups excluding carboxylic acids is 2. The first-order valence-corrected chi connectivity index (χ1v) is 3.34. The maximum atomic E-state index is 10.4.